The standard InChI is InChI=1S/C24H20N2O4/c1-17-7-6-8-18(13-17)15-29-22-12-5-3-10-20(22)24(28)30-16-23(27)26-21-11-4-2-9-19(21)14-25/h2-13H,15-16H2,1H3,(H,26,27). The molecule has 0 radical (unpaired) electrons. The number of para-hydroxylation sites is 2. The van der Waals surface area contributed by atoms with Gasteiger partial charge in [0.2, 0.25) is 0 Å². The largest absolute Gasteiger partial charge is 0.488 e. The molecule has 3 aromatic carbocycles. The van der Waals surface area contributed by atoms with Crippen molar-refractivity contribution in [2.24, 2.45) is 0 Å². The number of hydrogen-bond donors (Lipinski definition) is 1. The van der Waals surface area contributed by atoms with Gasteiger partial charge < -0.3 is 14.8 Å². The summed E-state index contributed by atoms with van der Waals surface area (Å²) in [4.78, 5) is 24.6. The number of anilines is 1. The number of nitrogens with one attached hydrogen (secondary N) is 1. The second-order valence-corrected chi connectivity index (χ2v) is 6.56. The Bertz CT molecular complexity index is 1100. The lowest BCUT2D eigenvalue weighted by Crippen LogP contribution is -2.21. The Hall–Kier alpha value is -4.11. The van der Waals surface area contributed by atoms with Crippen molar-refractivity contribution < 1.29 is 19.1 Å². The summed E-state index contributed by atoms with van der Waals surface area (Å²) in [7, 11) is 0. The van der Waals surface area contributed by atoms with E-state index in [1.54, 1.807) is 48.5 Å². The Labute approximate surface area is 174 Å². The molecule has 0 aliphatic heterocycles. The lowest BCUT2D eigenvalue weighted by molar-refractivity contribution is -0.119. The molecule has 0 spiro atoms. The second kappa shape index (κ2) is 9.89. The third-order valence-electron chi connectivity index (χ3n) is 4.24. The molecule has 6 heteroatoms. The van der Waals surface area contributed by atoms with Gasteiger partial charge >= 0.3 is 5.97 Å². The summed E-state index contributed by atoms with van der Waals surface area (Å²) >= 11 is 0. The molecule has 0 bridgehead atoms. The van der Waals surface area contributed by atoms with Gasteiger partial charge in [0.25, 0.3) is 5.91 Å². The highest BCUT2D eigenvalue weighted by Crippen LogP contribution is 2.21. The molecule has 150 valence electrons. The normalized spacial score (nSPS) is 10.0. The molecule has 6 nitrogen and oxygen atoms in total. The molecule has 0 aliphatic carbocycles. The summed E-state index contributed by atoms with van der Waals surface area (Å²) in [5, 5.41) is 11.6. The summed E-state index contributed by atoms with van der Waals surface area (Å²) < 4.78 is 10.9. The highest BCUT2D eigenvalue weighted by atomic mass is 16.5. The molecule has 30 heavy (non-hydrogen) atoms. The van der Waals surface area contributed by atoms with E-state index in [1.807, 2.05) is 37.3 Å². The van der Waals surface area contributed by atoms with Gasteiger partial charge in [0, 0.05) is 0 Å². The Balaban J connectivity index is 1.60. The van der Waals surface area contributed by atoms with Crippen LogP contribution in [0, 0.1) is 18.3 Å². The quantitative estimate of drug-likeness (QED) is 0.599. The molecular weight excluding hydrogens is 380 g/mol. The summed E-state index contributed by atoms with van der Waals surface area (Å²) in [5.74, 6) is -0.831. The Morgan fingerprint density at radius 2 is 1.77 bits per heavy atom. The van der Waals surface area contributed by atoms with E-state index in [2.05, 4.69) is 5.32 Å². The topological polar surface area (TPSA) is 88.4 Å². The number of rotatable bonds is 7. The number of carbonyl (C=O) groups excluding carboxylic acids is 2. The molecule has 0 fully saturated rings. The fourth-order valence-corrected chi connectivity index (χ4v) is 2.81. The Morgan fingerprint density at radius 3 is 2.57 bits per heavy atom. The molecular formula is C24H20N2O4. The predicted molar refractivity (Wildman–Crippen MR) is 112 cm³/mol. The number of carbonyl (C=O) groups is 2. The first-order chi connectivity index (χ1) is 14.6. The lowest BCUT2D eigenvalue weighted by Gasteiger charge is -2.12. The highest BCUT2D eigenvalue weighted by Gasteiger charge is 2.16. The zero-order valence-corrected chi connectivity index (χ0v) is 16.4. The van der Waals surface area contributed by atoms with Crippen LogP contribution in [-0.2, 0) is 16.1 Å². The summed E-state index contributed by atoms with van der Waals surface area (Å²) in [6.45, 7) is 1.82. The van der Waals surface area contributed by atoms with Crippen LogP contribution in [0.15, 0.2) is 72.8 Å². The van der Waals surface area contributed by atoms with E-state index in [9.17, 15) is 9.59 Å². The van der Waals surface area contributed by atoms with Gasteiger partial charge in [-0.1, -0.05) is 54.1 Å². The van der Waals surface area contributed by atoms with Gasteiger partial charge in [-0.05, 0) is 36.8 Å². The van der Waals surface area contributed by atoms with Crippen molar-refractivity contribution in [1.82, 2.24) is 0 Å². The van der Waals surface area contributed by atoms with E-state index < -0.39 is 18.5 Å². The van der Waals surface area contributed by atoms with Gasteiger partial charge in [-0.25, -0.2) is 4.79 Å². The van der Waals surface area contributed by atoms with Gasteiger partial charge in [-0.15, -0.1) is 0 Å². The predicted octanol–water partition coefficient (Wildman–Crippen LogP) is 4.24. The molecule has 0 aliphatic rings. The van der Waals surface area contributed by atoms with Crippen molar-refractivity contribution in [1.29, 1.82) is 5.26 Å². The van der Waals surface area contributed by atoms with Gasteiger partial charge in [0.05, 0.1) is 11.3 Å². The molecule has 0 aromatic heterocycles. The SMILES string of the molecule is Cc1cccc(COc2ccccc2C(=O)OCC(=O)Nc2ccccc2C#N)c1. The van der Waals surface area contributed by atoms with E-state index in [0.29, 0.717) is 23.6 Å². The fourth-order valence-electron chi connectivity index (χ4n) is 2.81. The number of nitriles is 1. The van der Waals surface area contributed by atoms with Crippen molar-refractivity contribution in [3.05, 3.63) is 95.1 Å². The maximum absolute atomic E-state index is 12.5. The Kier molecular flexibility index (Phi) is 6.80. The van der Waals surface area contributed by atoms with Crippen LogP contribution >= 0.6 is 0 Å². The maximum Gasteiger partial charge on any atom is 0.342 e. The molecule has 3 rings (SSSR count). The minimum Gasteiger partial charge on any atom is -0.488 e. The number of aryl methyl sites for hydroxylation is 1. The minimum atomic E-state index is -0.668. The average Bonchev–Trinajstić information content (AvgIpc) is 2.76. The first kappa shape index (κ1) is 20.6. The van der Waals surface area contributed by atoms with Crippen LogP contribution < -0.4 is 10.1 Å². The summed E-state index contributed by atoms with van der Waals surface area (Å²) in [6.07, 6.45) is 0. The molecule has 0 heterocycles. The number of amides is 1. The molecule has 0 atom stereocenters. The number of nitrogens with zero attached hydrogens (tertiary/aromatic N) is 1. The summed E-state index contributed by atoms with van der Waals surface area (Å²) in [6, 6.07) is 23.2. The second-order valence-electron chi connectivity index (χ2n) is 6.56. The van der Waals surface area contributed by atoms with Gasteiger partial charge in [0.1, 0.15) is 24.0 Å². The van der Waals surface area contributed by atoms with E-state index in [0.717, 1.165) is 11.1 Å². The first-order valence-electron chi connectivity index (χ1n) is 9.30. The highest BCUT2D eigenvalue weighted by molar-refractivity contribution is 5.97. The maximum atomic E-state index is 12.5. The van der Waals surface area contributed by atoms with Crippen LogP contribution in [-0.4, -0.2) is 18.5 Å². The van der Waals surface area contributed by atoms with Gasteiger partial charge in [-0.3, -0.25) is 4.79 Å². The van der Waals surface area contributed by atoms with Crippen molar-refractivity contribution in [3.63, 3.8) is 0 Å². The zero-order valence-electron chi connectivity index (χ0n) is 16.4. The van der Waals surface area contributed by atoms with Gasteiger partial charge in [-0.2, -0.15) is 5.26 Å². The van der Waals surface area contributed by atoms with Crippen molar-refractivity contribution >= 4 is 17.6 Å². The number of hydrogen-bond acceptors (Lipinski definition) is 5. The van der Waals surface area contributed by atoms with Gasteiger partial charge in [0.15, 0.2) is 6.61 Å². The molecule has 0 unspecified atom stereocenters. The monoisotopic (exact) mass is 400 g/mol. The molecule has 0 saturated heterocycles. The van der Waals surface area contributed by atoms with Crippen LogP contribution in [0.5, 0.6) is 5.75 Å². The van der Waals surface area contributed by atoms with Crippen LogP contribution in [0.25, 0.3) is 0 Å². The average molecular weight is 400 g/mol. The summed E-state index contributed by atoms with van der Waals surface area (Å²) in [5.41, 5.74) is 3.02. The van der Waals surface area contributed by atoms with E-state index in [4.69, 9.17) is 14.7 Å². The van der Waals surface area contributed by atoms with E-state index >= 15 is 0 Å². The minimum absolute atomic E-state index is 0.232. The third kappa shape index (κ3) is 5.46. The number of ether oxygens (including phenoxy) is 2. The number of benzene rings is 3. The molecule has 1 N–H and O–H groups in total. The Morgan fingerprint density at radius 1 is 1.00 bits per heavy atom. The molecule has 1 amide bonds. The van der Waals surface area contributed by atoms with E-state index in [-0.39, 0.29) is 5.56 Å². The smallest absolute Gasteiger partial charge is 0.342 e. The zero-order chi connectivity index (χ0) is 21.3. The third-order valence-corrected chi connectivity index (χ3v) is 4.24. The van der Waals surface area contributed by atoms with Crippen LogP contribution in [0.4, 0.5) is 5.69 Å². The molecule has 0 saturated carbocycles. The van der Waals surface area contributed by atoms with Crippen LogP contribution in [0.2, 0.25) is 0 Å². The lowest BCUT2D eigenvalue weighted by atomic mass is 10.1. The van der Waals surface area contributed by atoms with Crippen LogP contribution in [0.3, 0.4) is 0 Å². The van der Waals surface area contributed by atoms with Crippen LogP contribution in [0.1, 0.15) is 27.0 Å². The van der Waals surface area contributed by atoms with E-state index in [1.165, 1.54) is 0 Å². The fraction of sp³-hybridized carbons (Fsp3) is 0.125. The van der Waals surface area contributed by atoms with Crippen molar-refractivity contribution in [3.8, 4) is 11.8 Å². The number of esters is 1. The van der Waals surface area contributed by atoms with Crippen molar-refractivity contribution in [2.45, 2.75) is 13.5 Å². The van der Waals surface area contributed by atoms with Crippen molar-refractivity contribution in [2.75, 3.05) is 11.9 Å². The first-order valence-corrected chi connectivity index (χ1v) is 9.30. The molecule has 3 aromatic rings.